The van der Waals surface area contributed by atoms with E-state index < -0.39 is 0 Å². The van der Waals surface area contributed by atoms with Crippen molar-refractivity contribution in [3.05, 3.63) is 36.0 Å². The van der Waals surface area contributed by atoms with Crippen LogP contribution in [0.1, 0.15) is 49.9 Å². The first-order valence-corrected chi connectivity index (χ1v) is 11.8. The number of thiazole rings is 1. The lowest BCUT2D eigenvalue weighted by Crippen LogP contribution is -2.19. The van der Waals surface area contributed by atoms with Crippen molar-refractivity contribution in [2.24, 2.45) is 0 Å². The van der Waals surface area contributed by atoms with Gasteiger partial charge in [-0.25, -0.2) is 15.0 Å². The summed E-state index contributed by atoms with van der Waals surface area (Å²) in [5.41, 5.74) is 2.72. The third-order valence-corrected chi connectivity index (χ3v) is 6.63. The minimum absolute atomic E-state index is 0.236. The molecule has 2 fully saturated rings. The largest absolute Gasteiger partial charge is 0.460 e. The van der Waals surface area contributed by atoms with Gasteiger partial charge in [-0.3, -0.25) is 9.88 Å². The number of ether oxygens (including phenoxy) is 1. The Kier molecular flexibility index (Phi) is 6.04. The molecule has 0 spiro atoms. The van der Waals surface area contributed by atoms with Crippen LogP contribution in [-0.4, -0.2) is 49.0 Å². The molecule has 1 saturated heterocycles. The summed E-state index contributed by atoms with van der Waals surface area (Å²) in [4.78, 5) is 26.0. The van der Waals surface area contributed by atoms with Crippen molar-refractivity contribution in [3.8, 4) is 16.6 Å². The van der Waals surface area contributed by atoms with Crippen molar-refractivity contribution in [2.75, 3.05) is 18.4 Å². The lowest BCUT2D eigenvalue weighted by molar-refractivity contribution is 0.192. The van der Waals surface area contributed by atoms with Crippen LogP contribution in [0.4, 0.5) is 10.9 Å². The second kappa shape index (κ2) is 9.23. The highest BCUT2D eigenvalue weighted by Gasteiger charge is 2.19. The molecule has 1 aliphatic carbocycles. The van der Waals surface area contributed by atoms with E-state index in [2.05, 4.69) is 35.1 Å². The summed E-state index contributed by atoms with van der Waals surface area (Å²) in [7, 11) is 0. The van der Waals surface area contributed by atoms with Gasteiger partial charge in [-0.1, -0.05) is 11.3 Å². The number of nitrogens with zero attached hydrogens (tertiary/aromatic N) is 6. The van der Waals surface area contributed by atoms with Crippen molar-refractivity contribution in [1.82, 2.24) is 29.8 Å². The van der Waals surface area contributed by atoms with Crippen molar-refractivity contribution in [3.63, 3.8) is 0 Å². The molecular weight excluding hydrogens is 410 g/mol. The van der Waals surface area contributed by atoms with Crippen LogP contribution in [0.25, 0.3) is 10.6 Å². The Balaban J connectivity index is 1.25. The summed E-state index contributed by atoms with van der Waals surface area (Å²) >= 11 is 1.53. The quantitative estimate of drug-likeness (QED) is 0.583. The third-order valence-electron chi connectivity index (χ3n) is 5.69. The number of likely N-dealkylation sites (tertiary alicyclic amines) is 1. The van der Waals surface area contributed by atoms with Gasteiger partial charge in [0.25, 0.3) is 0 Å². The van der Waals surface area contributed by atoms with E-state index >= 15 is 0 Å². The highest BCUT2D eigenvalue weighted by molar-refractivity contribution is 7.18. The molecule has 0 amide bonds. The Hall–Kier alpha value is -2.65. The van der Waals surface area contributed by atoms with E-state index in [1.807, 2.05) is 25.4 Å². The molecule has 0 aromatic carbocycles. The van der Waals surface area contributed by atoms with Crippen LogP contribution < -0.4 is 10.1 Å². The second-order valence-electron chi connectivity index (χ2n) is 8.23. The molecule has 0 bridgehead atoms. The maximum Gasteiger partial charge on any atom is 0.317 e. The van der Waals surface area contributed by atoms with Gasteiger partial charge < -0.3 is 10.1 Å². The number of hydrogen-bond acceptors (Lipinski definition) is 9. The Morgan fingerprint density at radius 3 is 2.65 bits per heavy atom. The Bertz CT molecular complexity index is 1010. The summed E-state index contributed by atoms with van der Waals surface area (Å²) in [6.07, 6.45) is 12.8. The average molecular weight is 438 g/mol. The summed E-state index contributed by atoms with van der Waals surface area (Å²) in [6, 6.07) is 2.43. The molecule has 3 aromatic rings. The Morgan fingerprint density at radius 2 is 1.87 bits per heavy atom. The average Bonchev–Trinajstić information content (AvgIpc) is 3.53. The first kappa shape index (κ1) is 20.3. The zero-order valence-corrected chi connectivity index (χ0v) is 18.6. The Morgan fingerprint density at radius 1 is 1.03 bits per heavy atom. The monoisotopic (exact) mass is 437 g/mol. The predicted octanol–water partition coefficient (Wildman–Crippen LogP) is 4.36. The molecule has 0 atom stereocenters. The van der Waals surface area contributed by atoms with Crippen LogP contribution >= 0.6 is 11.3 Å². The summed E-state index contributed by atoms with van der Waals surface area (Å²) < 4.78 is 6.00. The molecule has 4 heterocycles. The van der Waals surface area contributed by atoms with Gasteiger partial charge in [0.2, 0.25) is 0 Å². The van der Waals surface area contributed by atoms with Crippen molar-refractivity contribution in [2.45, 2.75) is 58.1 Å². The van der Waals surface area contributed by atoms with Gasteiger partial charge in [0.05, 0.1) is 28.7 Å². The maximum absolute atomic E-state index is 6.00. The molecular formula is C22H27N7OS. The van der Waals surface area contributed by atoms with Gasteiger partial charge >= 0.3 is 6.01 Å². The van der Waals surface area contributed by atoms with E-state index in [-0.39, 0.29) is 6.10 Å². The molecule has 5 rings (SSSR count). The number of rotatable bonds is 7. The first-order valence-electron chi connectivity index (χ1n) is 11.0. The molecule has 8 nitrogen and oxygen atoms in total. The van der Waals surface area contributed by atoms with E-state index in [0.29, 0.717) is 11.8 Å². The number of anilines is 2. The summed E-state index contributed by atoms with van der Waals surface area (Å²) in [5.74, 6) is 0.690. The third kappa shape index (κ3) is 5.16. The molecule has 2 aliphatic rings. The van der Waals surface area contributed by atoms with Gasteiger partial charge in [-0.2, -0.15) is 4.98 Å². The van der Waals surface area contributed by atoms with E-state index in [1.54, 1.807) is 6.20 Å². The van der Waals surface area contributed by atoms with Crippen molar-refractivity contribution >= 4 is 22.3 Å². The molecule has 9 heteroatoms. The number of hydrogen-bond donors (Lipinski definition) is 1. The normalized spacial score (nSPS) is 17.3. The Labute approximate surface area is 186 Å². The lowest BCUT2D eigenvalue weighted by atomic mass is 10.3. The number of nitrogens with one attached hydrogen (secondary N) is 1. The smallest absolute Gasteiger partial charge is 0.317 e. The van der Waals surface area contributed by atoms with Crippen molar-refractivity contribution in [1.29, 1.82) is 0 Å². The van der Waals surface area contributed by atoms with E-state index in [0.717, 1.165) is 59.6 Å². The fourth-order valence-corrected chi connectivity index (χ4v) is 4.89. The minimum atomic E-state index is 0.236. The van der Waals surface area contributed by atoms with Crippen LogP contribution in [-0.2, 0) is 6.54 Å². The van der Waals surface area contributed by atoms with E-state index in [9.17, 15) is 0 Å². The van der Waals surface area contributed by atoms with Crippen LogP contribution in [0.3, 0.4) is 0 Å². The predicted molar refractivity (Wildman–Crippen MR) is 121 cm³/mol. The van der Waals surface area contributed by atoms with Crippen LogP contribution in [0.5, 0.6) is 6.01 Å². The number of aryl methyl sites for hydroxylation is 1. The zero-order chi connectivity index (χ0) is 21.0. The van der Waals surface area contributed by atoms with Crippen molar-refractivity contribution < 1.29 is 4.74 Å². The molecule has 0 unspecified atom stereocenters. The maximum atomic E-state index is 6.00. The van der Waals surface area contributed by atoms with Crippen LogP contribution in [0.2, 0.25) is 0 Å². The minimum Gasteiger partial charge on any atom is -0.460 e. The first-order chi connectivity index (χ1) is 15.2. The van der Waals surface area contributed by atoms with E-state index in [4.69, 9.17) is 4.74 Å². The zero-order valence-electron chi connectivity index (χ0n) is 17.8. The fraction of sp³-hybridized carbons (Fsp3) is 0.500. The topological polar surface area (TPSA) is 89.0 Å². The van der Waals surface area contributed by atoms with Gasteiger partial charge in [-0.05, 0) is 64.6 Å². The summed E-state index contributed by atoms with van der Waals surface area (Å²) in [5, 5.41) is 4.00. The summed E-state index contributed by atoms with van der Waals surface area (Å²) in [6.45, 7) is 5.14. The SMILES string of the molecule is Cc1cc(-c2cnc(Nc3cnc(CN4CCCC4)cn3)s2)nc(OC2CCCC2)n1. The standard InChI is InChI=1S/C22H27N7OS/c1-15-10-18(27-21(26-15)30-17-6-2-3-7-17)19-12-25-22(31-19)28-20-13-23-16(11-24-20)14-29-8-4-5-9-29/h10-13,17H,2-9,14H2,1H3,(H,24,25,28). The van der Waals surface area contributed by atoms with E-state index in [1.165, 1.54) is 37.0 Å². The van der Waals surface area contributed by atoms with Gasteiger partial charge in [0, 0.05) is 18.4 Å². The molecule has 3 aromatic heterocycles. The van der Waals surface area contributed by atoms with Crippen LogP contribution in [0, 0.1) is 6.92 Å². The van der Waals surface area contributed by atoms with Gasteiger partial charge in [0.1, 0.15) is 6.10 Å². The highest BCUT2D eigenvalue weighted by Crippen LogP contribution is 2.31. The van der Waals surface area contributed by atoms with Crippen LogP contribution in [0.15, 0.2) is 24.7 Å². The molecule has 1 N–H and O–H groups in total. The highest BCUT2D eigenvalue weighted by atomic mass is 32.1. The molecule has 0 radical (unpaired) electrons. The number of aromatic nitrogens is 5. The molecule has 31 heavy (non-hydrogen) atoms. The van der Waals surface area contributed by atoms with Gasteiger partial charge in [-0.15, -0.1) is 0 Å². The lowest BCUT2D eigenvalue weighted by Gasteiger charge is -2.13. The molecule has 162 valence electrons. The molecule has 1 aliphatic heterocycles. The second-order valence-corrected chi connectivity index (χ2v) is 9.26. The fourth-order valence-electron chi connectivity index (χ4n) is 4.11. The van der Waals surface area contributed by atoms with Gasteiger partial charge in [0.15, 0.2) is 10.9 Å². The molecule has 1 saturated carbocycles.